The van der Waals surface area contributed by atoms with Crippen molar-refractivity contribution in [1.82, 2.24) is 14.7 Å². The van der Waals surface area contributed by atoms with E-state index in [0.717, 1.165) is 44.7 Å². The number of ether oxygens (including phenoxy) is 2. The number of aromatic nitrogens is 2. The summed E-state index contributed by atoms with van der Waals surface area (Å²) in [5, 5.41) is 6.81. The van der Waals surface area contributed by atoms with Crippen molar-refractivity contribution in [3.05, 3.63) is 29.3 Å². The molecule has 0 bridgehead atoms. The first-order chi connectivity index (χ1) is 11.7. The topological polar surface area (TPSA) is 39.5 Å². The molecule has 1 saturated heterocycles. The SMILES string of the molecule is CO[C@@H]1CC[C@H]2OCCN(Cc3cn(C)nc3-c3cccs3)[C@H]2C1. The van der Waals surface area contributed by atoms with Gasteiger partial charge < -0.3 is 9.47 Å². The largest absolute Gasteiger partial charge is 0.381 e. The summed E-state index contributed by atoms with van der Waals surface area (Å²) < 4.78 is 13.6. The van der Waals surface area contributed by atoms with Crippen LogP contribution in [0.5, 0.6) is 0 Å². The van der Waals surface area contributed by atoms with Gasteiger partial charge in [-0.2, -0.15) is 5.10 Å². The van der Waals surface area contributed by atoms with Crippen LogP contribution in [-0.4, -0.2) is 53.2 Å². The fourth-order valence-corrected chi connectivity index (χ4v) is 4.79. The van der Waals surface area contributed by atoms with Gasteiger partial charge in [0.1, 0.15) is 5.69 Å². The van der Waals surface area contributed by atoms with Crippen LogP contribution in [0.3, 0.4) is 0 Å². The molecule has 0 radical (unpaired) electrons. The summed E-state index contributed by atoms with van der Waals surface area (Å²) in [6.45, 7) is 2.74. The Morgan fingerprint density at radius 1 is 1.42 bits per heavy atom. The highest BCUT2D eigenvalue weighted by Gasteiger charge is 2.38. The van der Waals surface area contributed by atoms with Crippen LogP contribution in [0, 0.1) is 0 Å². The van der Waals surface area contributed by atoms with Gasteiger partial charge in [0.05, 0.1) is 23.7 Å². The highest BCUT2D eigenvalue weighted by atomic mass is 32.1. The quantitative estimate of drug-likeness (QED) is 0.853. The summed E-state index contributed by atoms with van der Waals surface area (Å²) in [5.74, 6) is 0. The molecular formula is C18H25N3O2S. The lowest BCUT2D eigenvalue weighted by molar-refractivity contribution is -0.116. The van der Waals surface area contributed by atoms with Crippen LogP contribution in [-0.2, 0) is 23.1 Å². The van der Waals surface area contributed by atoms with Gasteiger partial charge in [-0.3, -0.25) is 9.58 Å². The van der Waals surface area contributed by atoms with E-state index in [2.05, 4.69) is 28.6 Å². The lowest BCUT2D eigenvalue weighted by atomic mass is 9.87. The van der Waals surface area contributed by atoms with E-state index >= 15 is 0 Å². The second kappa shape index (κ2) is 6.96. The second-order valence-electron chi connectivity index (χ2n) is 6.77. The molecule has 1 aliphatic heterocycles. The first kappa shape index (κ1) is 16.3. The van der Waals surface area contributed by atoms with E-state index in [1.807, 2.05) is 18.8 Å². The van der Waals surface area contributed by atoms with Gasteiger partial charge in [0.15, 0.2) is 0 Å². The van der Waals surface area contributed by atoms with Gasteiger partial charge in [-0.05, 0) is 30.7 Å². The molecule has 4 rings (SSSR count). The molecule has 6 heteroatoms. The molecular weight excluding hydrogens is 322 g/mol. The average Bonchev–Trinajstić information content (AvgIpc) is 3.24. The van der Waals surface area contributed by atoms with Gasteiger partial charge in [-0.1, -0.05) is 6.07 Å². The van der Waals surface area contributed by atoms with E-state index in [4.69, 9.17) is 14.6 Å². The third-order valence-corrected chi connectivity index (χ3v) is 6.13. The Kier molecular flexibility index (Phi) is 4.72. The van der Waals surface area contributed by atoms with Crippen LogP contribution in [0.1, 0.15) is 24.8 Å². The van der Waals surface area contributed by atoms with Gasteiger partial charge in [-0.15, -0.1) is 11.3 Å². The summed E-state index contributed by atoms with van der Waals surface area (Å²) >= 11 is 1.75. The predicted molar refractivity (Wildman–Crippen MR) is 95.1 cm³/mol. The van der Waals surface area contributed by atoms with Crippen LogP contribution in [0.25, 0.3) is 10.6 Å². The number of morpholine rings is 1. The molecule has 0 N–H and O–H groups in total. The number of methoxy groups -OCH3 is 1. The van der Waals surface area contributed by atoms with Crippen molar-refractivity contribution in [3.63, 3.8) is 0 Å². The molecule has 5 nitrogen and oxygen atoms in total. The van der Waals surface area contributed by atoms with Gasteiger partial charge >= 0.3 is 0 Å². The molecule has 1 aliphatic carbocycles. The lowest BCUT2D eigenvalue weighted by Gasteiger charge is -2.45. The normalized spacial score (nSPS) is 28.0. The molecule has 0 spiro atoms. The standard InChI is InChI=1S/C18H25N3O2S/c1-20-11-13(18(19-20)17-4-3-9-24-17)12-21-7-8-23-16-6-5-14(22-2)10-15(16)21/h3-4,9,11,14-16H,5-8,10,12H2,1-2H3/t14-,15+,16-/m1/s1. The summed E-state index contributed by atoms with van der Waals surface area (Å²) in [5.41, 5.74) is 2.43. The smallest absolute Gasteiger partial charge is 0.107 e. The molecule has 3 heterocycles. The van der Waals surface area contributed by atoms with Gasteiger partial charge in [0.2, 0.25) is 0 Å². The first-order valence-electron chi connectivity index (χ1n) is 8.69. The first-order valence-corrected chi connectivity index (χ1v) is 9.57. The van der Waals surface area contributed by atoms with Crippen molar-refractivity contribution in [2.45, 2.75) is 44.1 Å². The minimum absolute atomic E-state index is 0.354. The monoisotopic (exact) mass is 347 g/mol. The van der Waals surface area contributed by atoms with Crippen LogP contribution < -0.4 is 0 Å². The van der Waals surface area contributed by atoms with E-state index in [9.17, 15) is 0 Å². The summed E-state index contributed by atoms with van der Waals surface area (Å²) in [4.78, 5) is 3.82. The van der Waals surface area contributed by atoms with E-state index in [0.29, 0.717) is 18.2 Å². The van der Waals surface area contributed by atoms with Crippen LogP contribution in [0.2, 0.25) is 0 Å². The van der Waals surface area contributed by atoms with Crippen LogP contribution in [0.15, 0.2) is 23.7 Å². The summed E-state index contributed by atoms with van der Waals surface area (Å²) in [6.07, 6.45) is 6.16. The average molecular weight is 347 g/mol. The third-order valence-electron chi connectivity index (χ3n) is 5.25. The summed E-state index contributed by atoms with van der Waals surface area (Å²) in [6, 6.07) is 4.70. The molecule has 2 fully saturated rings. The zero-order chi connectivity index (χ0) is 16.5. The van der Waals surface area contributed by atoms with Gasteiger partial charge in [0, 0.05) is 45.0 Å². The van der Waals surface area contributed by atoms with Crippen LogP contribution >= 0.6 is 11.3 Å². The molecule has 1 saturated carbocycles. The van der Waals surface area contributed by atoms with Gasteiger partial charge in [0.25, 0.3) is 0 Å². The fourth-order valence-electron chi connectivity index (χ4n) is 4.05. The van der Waals surface area contributed by atoms with E-state index < -0.39 is 0 Å². The lowest BCUT2D eigenvalue weighted by Crippen LogP contribution is -2.54. The van der Waals surface area contributed by atoms with E-state index in [-0.39, 0.29) is 0 Å². The van der Waals surface area contributed by atoms with Crippen molar-refractivity contribution >= 4 is 11.3 Å². The van der Waals surface area contributed by atoms with Crippen molar-refractivity contribution in [3.8, 4) is 10.6 Å². The Morgan fingerprint density at radius 2 is 2.33 bits per heavy atom. The number of fused-ring (bicyclic) bond motifs is 1. The molecule has 24 heavy (non-hydrogen) atoms. The number of thiophene rings is 1. The maximum absolute atomic E-state index is 6.03. The molecule has 3 atom stereocenters. The number of nitrogens with zero attached hydrogens (tertiary/aromatic N) is 3. The Balaban J connectivity index is 1.56. The number of hydrogen-bond acceptors (Lipinski definition) is 5. The molecule has 2 aliphatic rings. The Bertz CT molecular complexity index is 670. The Hall–Kier alpha value is -1.21. The van der Waals surface area contributed by atoms with Crippen molar-refractivity contribution in [2.75, 3.05) is 20.3 Å². The van der Waals surface area contributed by atoms with Crippen molar-refractivity contribution < 1.29 is 9.47 Å². The van der Waals surface area contributed by atoms with Crippen molar-refractivity contribution in [1.29, 1.82) is 0 Å². The van der Waals surface area contributed by atoms with E-state index in [1.165, 1.54) is 10.4 Å². The maximum atomic E-state index is 6.03. The molecule has 2 aromatic heterocycles. The maximum Gasteiger partial charge on any atom is 0.107 e. The summed E-state index contributed by atoms with van der Waals surface area (Å²) in [7, 11) is 3.83. The number of aryl methyl sites for hydroxylation is 1. The zero-order valence-electron chi connectivity index (χ0n) is 14.4. The highest BCUT2D eigenvalue weighted by Crippen LogP contribution is 2.33. The molecule has 0 aromatic carbocycles. The Labute approximate surface area is 147 Å². The van der Waals surface area contributed by atoms with Crippen LogP contribution in [0.4, 0.5) is 0 Å². The minimum atomic E-state index is 0.354. The number of hydrogen-bond donors (Lipinski definition) is 0. The fraction of sp³-hybridized carbons (Fsp3) is 0.611. The van der Waals surface area contributed by atoms with Gasteiger partial charge in [-0.25, -0.2) is 0 Å². The highest BCUT2D eigenvalue weighted by molar-refractivity contribution is 7.13. The number of rotatable bonds is 4. The molecule has 2 aromatic rings. The zero-order valence-corrected chi connectivity index (χ0v) is 15.2. The predicted octanol–water partition coefficient (Wildman–Crippen LogP) is 2.92. The second-order valence-corrected chi connectivity index (χ2v) is 7.72. The van der Waals surface area contributed by atoms with E-state index in [1.54, 1.807) is 11.3 Å². The molecule has 130 valence electrons. The van der Waals surface area contributed by atoms with Crippen molar-refractivity contribution in [2.24, 2.45) is 7.05 Å². The minimum Gasteiger partial charge on any atom is -0.381 e. The molecule has 0 amide bonds. The molecule has 0 unspecified atom stereocenters. The Morgan fingerprint density at radius 3 is 3.12 bits per heavy atom. The third kappa shape index (κ3) is 3.16.